The molecule has 1 aliphatic heterocycles. The highest BCUT2D eigenvalue weighted by Crippen LogP contribution is 2.31. The van der Waals surface area contributed by atoms with Crippen LogP contribution in [0.5, 0.6) is 0 Å². The normalized spacial score (nSPS) is 16.3. The summed E-state index contributed by atoms with van der Waals surface area (Å²) in [6.07, 6.45) is 2.44. The SMILES string of the molecule is CC(C)(CN)N1CCCc2ccccc21. The molecule has 1 aromatic rings. The van der Waals surface area contributed by atoms with Gasteiger partial charge in [-0.05, 0) is 38.3 Å². The average molecular weight is 204 g/mol. The highest BCUT2D eigenvalue weighted by Gasteiger charge is 2.28. The molecule has 0 spiro atoms. The monoisotopic (exact) mass is 204 g/mol. The van der Waals surface area contributed by atoms with Gasteiger partial charge in [-0.2, -0.15) is 0 Å². The van der Waals surface area contributed by atoms with E-state index in [0.29, 0.717) is 6.54 Å². The highest BCUT2D eigenvalue weighted by molar-refractivity contribution is 5.57. The summed E-state index contributed by atoms with van der Waals surface area (Å²) in [5.74, 6) is 0. The highest BCUT2D eigenvalue weighted by atomic mass is 15.2. The topological polar surface area (TPSA) is 29.3 Å². The van der Waals surface area contributed by atoms with Crippen LogP contribution in [0.15, 0.2) is 24.3 Å². The summed E-state index contributed by atoms with van der Waals surface area (Å²) in [7, 11) is 0. The summed E-state index contributed by atoms with van der Waals surface area (Å²) >= 11 is 0. The van der Waals surface area contributed by atoms with Crippen LogP contribution in [0, 0.1) is 0 Å². The molecule has 0 saturated carbocycles. The molecular weight excluding hydrogens is 184 g/mol. The maximum Gasteiger partial charge on any atom is 0.0468 e. The molecule has 2 N–H and O–H groups in total. The van der Waals surface area contributed by atoms with Crippen molar-refractivity contribution in [1.82, 2.24) is 0 Å². The molecule has 2 heteroatoms. The Bertz CT molecular complexity index is 344. The Kier molecular flexibility index (Phi) is 2.70. The predicted molar refractivity (Wildman–Crippen MR) is 65.2 cm³/mol. The number of anilines is 1. The number of fused-ring (bicyclic) bond motifs is 1. The van der Waals surface area contributed by atoms with Gasteiger partial charge in [-0.3, -0.25) is 0 Å². The Morgan fingerprint density at radius 3 is 2.80 bits per heavy atom. The van der Waals surface area contributed by atoms with E-state index in [9.17, 15) is 0 Å². The molecule has 0 radical (unpaired) electrons. The van der Waals surface area contributed by atoms with Gasteiger partial charge in [0.25, 0.3) is 0 Å². The minimum atomic E-state index is 0.0660. The summed E-state index contributed by atoms with van der Waals surface area (Å²) in [4.78, 5) is 2.45. The second-order valence-corrected chi connectivity index (χ2v) is 4.90. The average Bonchev–Trinajstić information content (AvgIpc) is 2.28. The van der Waals surface area contributed by atoms with Crippen molar-refractivity contribution in [3.05, 3.63) is 29.8 Å². The molecule has 82 valence electrons. The summed E-state index contributed by atoms with van der Waals surface area (Å²) in [5, 5.41) is 0. The van der Waals surface area contributed by atoms with Crippen LogP contribution in [0.4, 0.5) is 5.69 Å². The lowest BCUT2D eigenvalue weighted by Crippen LogP contribution is -2.51. The van der Waals surface area contributed by atoms with Gasteiger partial charge >= 0.3 is 0 Å². The van der Waals surface area contributed by atoms with Crippen LogP contribution in [-0.2, 0) is 6.42 Å². The fourth-order valence-corrected chi connectivity index (χ4v) is 2.27. The smallest absolute Gasteiger partial charge is 0.0468 e. The van der Waals surface area contributed by atoms with Gasteiger partial charge in [-0.15, -0.1) is 0 Å². The van der Waals surface area contributed by atoms with E-state index in [0.717, 1.165) is 6.54 Å². The van der Waals surface area contributed by atoms with Crippen molar-refractivity contribution in [3.63, 3.8) is 0 Å². The van der Waals surface area contributed by atoms with E-state index >= 15 is 0 Å². The van der Waals surface area contributed by atoms with Crippen molar-refractivity contribution in [1.29, 1.82) is 0 Å². The molecule has 1 heterocycles. The molecule has 2 rings (SSSR count). The minimum absolute atomic E-state index is 0.0660. The zero-order chi connectivity index (χ0) is 10.9. The molecule has 2 nitrogen and oxygen atoms in total. The quantitative estimate of drug-likeness (QED) is 0.800. The largest absolute Gasteiger partial charge is 0.365 e. The van der Waals surface area contributed by atoms with Gasteiger partial charge in [0.1, 0.15) is 0 Å². The van der Waals surface area contributed by atoms with Crippen molar-refractivity contribution in [3.8, 4) is 0 Å². The first kappa shape index (κ1) is 10.5. The maximum atomic E-state index is 5.85. The third-order valence-electron chi connectivity index (χ3n) is 3.34. The van der Waals surface area contributed by atoms with Crippen molar-refractivity contribution >= 4 is 5.69 Å². The van der Waals surface area contributed by atoms with Crippen molar-refractivity contribution in [2.75, 3.05) is 18.0 Å². The van der Waals surface area contributed by atoms with Crippen molar-refractivity contribution < 1.29 is 0 Å². The number of nitrogens with zero attached hydrogens (tertiary/aromatic N) is 1. The Morgan fingerprint density at radius 1 is 1.33 bits per heavy atom. The van der Waals surface area contributed by atoms with E-state index in [1.807, 2.05) is 0 Å². The number of rotatable bonds is 2. The number of hydrogen-bond acceptors (Lipinski definition) is 2. The lowest BCUT2D eigenvalue weighted by atomic mass is 9.94. The molecule has 1 aliphatic rings. The first-order valence-electron chi connectivity index (χ1n) is 5.71. The van der Waals surface area contributed by atoms with Crippen LogP contribution < -0.4 is 10.6 Å². The molecule has 0 bridgehead atoms. The lowest BCUT2D eigenvalue weighted by Gasteiger charge is -2.43. The number of para-hydroxylation sites is 1. The van der Waals surface area contributed by atoms with Gasteiger partial charge in [-0.1, -0.05) is 18.2 Å². The van der Waals surface area contributed by atoms with Crippen LogP contribution in [0.3, 0.4) is 0 Å². The van der Waals surface area contributed by atoms with E-state index in [-0.39, 0.29) is 5.54 Å². The Hall–Kier alpha value is -1.02. The number of nitrogens with two attached hydrogens (primary N) is 1. The van der Waals surface area contributed by atoms with Crippen molar-refractivity contribution in [2.45, 2.75) is 32.2 Å². The van der Waals surface area contributed by atoms with Gasteiger partial charge in [0, 0.05) is 24.3 Å². The summed E-state index contributed by atoms with van der Waals surface area (Å²) in [5.41, 5.74) is 8.76. The molecule has 0 unspecified atom stereocenters. The molecule has 0 fully saturated rings. The van der Waals surface area contributed by atoms with Gasteiger partial charge in [-0.25, -0.2) is 0 Å². The second kappa shape index (κ2) is 3.86. The number of benzene rings is 1. The van der Waals surface area contributed by atoms with E-state index in [4.69, 9.17) is 5.73 Å². The Balaban J connectivity index is 2.38. The molecule has 0 atom stereocenters. The van der Waals surface area contributed by atoms with Gasteiger partial charge in [0.2, 0.25) is 0 Å². The molecular formula is C13H20N2. The fraction of sp³-hybridized carbons (Fsp3) is 0.538. The maximum absolute atomic E-state index is 5.85. The van der Waals surface area contributed by atoms with Crippen LogP contribution in [0.2, 0.25) is 0 Å². The molecule has 0 saturated heterocycles. The number of hydrogen-bond donors (Lipinski definition) is 1. The lowest BCUT2D eigenvalue weighted by molar-refractivity contribution is 0.454. The van der Waals surface area contributed by atoms with E-state index in [1.165, 1.54) is 24.1 Å². The summed E-state index contributed by atoms with van der Waals surface area (Å²) < 4.78 is 0. The van der Waals surface area contributed by atoms with E-state index in [1.54, 1.807) is 0 Å². The summed E-state index contributed by atoms with van der Waals surface area (Å²) in [6, 6.07) is 8.68. The Labute approximate surface area is 92.1 Å². The standard InChI is InChI=1S/C13H20N2/c1-13(2,10-14)15-9-5-7-11-6-3-4-8-12(11)15/h3-4,6,8H,5,7,9-10,14H2,1-2H3. The number of aryl methyl sites for hydroxylation is 1. The van der Waals surface area contributed by atoms with Gasteiger partial charge in [0.15, 0.2) is 0 Å². The van der Waals surface area contributed by atoms with Crippen LogP contribution in [0.1, 0.15) is 25.8 Å². The minimum Gasteiger partial charge on any atom is -0.365 e. The van der Waals surface area contributed by atoms with Crippen molar-refractivity contribution in [2.24, 2.45) is 5.73 Å². The van der Waals surface area contributed by atoms with Crippen LogP contribution >= 0.6 is 0 Å². The third kappa shape index (κ3) is 1.86. The fourth-order valence-electron chi connectivity index (χ4n) is 2.27. The zero-order valence-electron chi connectivity index (χ0n) is 9.66. The van der Waals surface area contributed by atoms with Gasteiger partial charge in [0.05, 0.1) is 0 Å². The van der Waals surface area contributed by atoms with E-state index < -0.39 is 0 Å². The van der Waals surface area contributed by atoms with Crippen LogP contribution in [0.25, 0.3) is 0 Å². The first-order chi connectivity index (χ1) is 7.15. The molecule has 15 heavy (non-hydrogen) atoms. The van der Waals surface area contributed by atoms with E-state index in [2.05, 4.69) is 43.0 Å². The third-order valence-corrected chi connectivity index (χ3v) is 3.34. The summed E-state index contributed by atoms with van der Waals surface area (Å²) in [6.45, 7) is 6.26. The molecule has 0 amide bonds. The molecule has 1 aromatic carbocycles. The van der Waals surface area contributed by atoms with Gasteiger partial charge < -0.3 is 10.6 Å². The first-order valence-corrected chi connectivity index (χ1v) is 5.71. The van der Waals surface area contributed by atoms with Crippen LogP contribution in [-0.4, -0.2) is 18.6 Å². The molecule has 0 aromatic heterocycles. The molecule has 0 aliphatic carbocycles. The predicted octanol–water partition coefficient (Wildman–Crippen LogP) is 2.18. The second-order valence-electron chi connectivity index (χ2n) is 4.90. The Morgan fingerprint density at radius 2 is 2.07 bits per heavy atom. The zero-order valence-corrected chi connectivity index (χ0v) is 9.66.